The average molecular weight is 416 g/mol. The number of thiazole rings is 1. The molecule has 152 valence electrons. The van der Waals surface area contributed by atoms with Crippen molar-refractivity contribution in [3.63, 3.8) is 0 Å². The van der Waals surface area contributed by atoms with Gasteiger partial charge in [-0.3, -0.25) is 14.9 Å². The van der Waals surface area contributed by atoms with Gasteiger partial charge in [-0.05, 0) is 44.2 Å². The largest absolute Gasteiger partial charge is 0.323 e. The van der Waals surface area contributed by atoms with E-state index in [9.17, 15) is 18.8 Å². The molecule has 0 unspecified atom stereocenters. The van der Waals surface area contributed by atoms with Crippen molar-refractivity contribution >= 4 is 34.3 Å². The molecule has 1 saturated heterocycles. The second-order valence-corrected chi connectivity index (χ2v) is 8.63. The molecule has 1 aliphatic carbocycles. The van der Waals surface area contributed by atoms with Gasteiger partial charge in [-0.1, -0.05) is 18.2 Å². The minimum Gasteiger partial charge on any atom is -0.323 e. The standard InChI is InChI=1S/C20H21FN4O3S/c1-11-15(10-13-4-2-3-5-14(13)21)29-19(22-11)23-16(26)12-6-8-20(9-7-12)17(27)24-18(28)25-20/h2-5,12H,6-10H2,1H3,(H,22,23,26)(H2,24,25,27,28). The fraction of sp³-hybridized carbons (Fsp3) is 0.400. The first-order valence-corrected chi connectivity index (χ1v) is 10.3. The molecule has 2 aliphatic rings. The van der Waals surface area contributed by atoms with Gasteiger partial charge in [0.25, 0.3) is 5.91 Å². The van der Waals surface area contributed by atoms with Crippen molar-refractivity contribution in [1.29, 1.82) is 0 Å². The maximum Gasteiger partial charge on any atom is 0.322 e. The Balaban J connectivity index is 1.38. The second-order valence-electron chi connectivity index (χ2n) is 7.55. The Hall–Kier alpha value is -2.81. The summed E-state index contributed by atoms with van der Waals surface area (Å²) >= 11 is 1.34. The lowest BCUT2D eigenvalue weighted by Crippen LogP contribution is -2.50. The molecule has 0 bridgehead atoms. The molecule has 2 heterocycles. The van der Waals surface area contributed by atoms with E-state index in [0.717, 1.165) is 10.6 Å². The Morgan fingerprint density at radius 2 is 2.03 bits per heavy atom. The van der Waals surface area contributed by atoms with Crippen LogP contribution in [0.4, 0.5) is 14.3 Å². The van der Waals surface area contributed by atoms with Gasteiger partial charge in [0.1, 0.15) is 11.4 Å². The Morgan fingerprint density at radius 3 is 2.69 bits per heavy atom. The second kappa shape index (κ2) is 7.55. The molecule has 0 atom stereocenters. The first-order chi connectivity index (χ1) is 13.9. The number of halogens is 1. The highest BCUT2D eigenvalue weighted by molar-refractivity contribution is 7.15. The molecule has 1 aromatic carbocycles. The highest BCUT2D eigenvalue weighted by Crippen LogP contribution is 2.35. The number of imide groups is 1. The summed E-state index contributed by atoms with van der Waals surface area (Å²) in [5.74, 6) is -0.958. The van der Waals surface area contributed by atoms with Gasteiger partial charge in [0.15, 0.2) is 5.13 Å². The highest BCUT2D eigenvalue weighted by atomic mass is 32.1. The SMILES string of the molecule is Cc1nc(NC(=O)C2CCC3(CC2)NC(=O)NC3=O)sc1Cc1ccccc1F. The number of carbonyl (C=O) groups excluding carboxylic acids is 3. The van der Waals surface area contributed by atoms with E-state index in [1.807, 2.05) is 6.92 Å². The van der Waals surface area contributed by atoms with Crippen molar-refractivity contribution in [2.75, 3.05) is 5.32 Å². The van der Waals surface area contributed by atoms with Gasteiger partial charge < -0.3 is 10.6 Å². The lowest BCUT2D eigenvalue weighted by molar-refractivity contribution is -0.128. The molecule has 1 aromatic heterocycles. The Bertz CT molecular complexity index is 982. The van der Waals surface area contributed by atoms with E-state index < -0.39 is 11.6 Å². The zero-order valence-corrected chi connectivity index (χ0v) is 16.7. The summed E-state index contributed by atoms with van der Waals surface area (Å²) in [4.78, 5) is 41.4. The van der Waals surface area contributed by atoms with E-state index in [1.165, 1.54) is 17.4 Å². The molecule has 29 heavy (non-hydrogen) atoms. The summed E-state index contributed by atoms with van der Waals surface area (Å²) in [5, 5.41) is 8.31. The van der Waals surface area contributed by atoms with Gasteiger partial charge >= 0.3 is 6.03 Å². The van der Waals surface area contributed by atoms with Crippen LogP contribution in [0.3, 0.4) is 0 Å². The zero-order valence-electron chi connectivity index (χ0n) is 15.9. The van der Waals surface area contributed by atoms with E-state index in [-0.39, 0.29) is 23.5 Å². The maximum absolute atomic E-state index is 13.9. The van der Waals surface area contributed by atoms with Crippen LogP contribution in [-0.2, 0) is 16.0 Å². The van der Waals surface area contributed by atoms with Crippen molar-refractivity contribution in [2.24, 2.45) is 5.92 Å². The Morgan fingerprint density at radius 1 is 1.31 bits per heavy atom. The van der Waals surface area contributed by atoms with E-state index in [2.05, 4.69) is 20.9 Å². The van der Waals surface area contributed by atoms with E-state index in [4.69, 9.17) is 0 Å². The van der Waals surface area contributed by atoms with Crippen molar-refractivity contribution < 1.29 is 18.8 Å². The van der Waals surface area contributed by atoms with Crippen LogP contribution in [0, 0.1) is 18.7 Å². The monoisotopic (exact) mass is 416 g/mol. The number of aromatic nitrogens is 1. The van der Waals surface area contributed by atoms with Crippen LogP contribution in [0.1, 0.15) is 41.8 Å². The fourth-order valence-corrected chi connectivity index (χ4v) is 4.91. The quantitative estimate of drug-likeness (QED) is 0.667. The summed E-state index contributed by atoms with van der Waals surface area (Å²) in [5.41, 5.74) is 0.478. The summed E-state index contributed by atoms with van der Waals surface area (Å²) < 4.78 is 13.9. The van der Waals surface area contributed by atoms with Gasteiger partial charge in [0.05, 0.1) is 5.69 Å². The molecule has 2 aromatic rings. The molecule has 4 amide bonds. The van der Waals surface area contributed by atoms with Crippen molar-refractivity contribution in [2.45, 2.75) is 44.6 Å². The molecule has 1 spiro atoms. The molecule has 0 radical (unpaired) electrons. The van der Waals surface area contributed by atoms with Crippen LogP contribution >= 0.6 is 11.3 Å². The van der Waals surface area contributed by atoms with Crippen LogP contribution in [0.2, 0.25) is 0 Å². The fourth-order valence-electron chi connectivity index (χ4n) is 3.92. The number of nitrogens with zero attached hydrogens (tertiary/aromatic N) is 1. The average Bonchev–Trinajstić information content (AvgIpc) is 3.16. The van der Waals surface area contributed by atoms with Crippen LogP contribution < -0.4 is 16.0 Å². The number of amides is 4. The summed E-state index contributed by atoms with van der Waals surface area (Å²) in [6.45, 7) is 1.84. The summed E-state index contributed by atoms with van der Waals surface area (Å²) in [6.07, 6.45) is 2.29. The molecule has 4 rings (SSSR count). The van der Waals surface area contributed by atoms with Crippen LogP contribution in [0.25, 0.3) is 0 Å². The molecule has 1 aliphatic heterocycles. The summed E-state index contributed by atoms with van der Waals surface area (Å²) in [7, 11) is 0. The zero-order chi connectivity index (χ0) is 20.6. The molecule has 7 nitrogen and oxygen atoms in total. The predicted octanol–water partition coefficient (Wildman–Crippen LogP) is 2.89. The van der Waals surface area contributed by atoms with E-state index >= 15 is 0 Å². The molecule has 1 saturated carbocycles. The number of rotatable bonds is 4. The smallest absolute Gasteiger partial charge is 0.322 e. The highest BCUT2D eigenvalue weighted by Gasteiger charge is 2.48. The van der Waals surface area contributed by atoms with E-state index in [1.54, 1.807) is 18.2 Å². The topological polar surface area (TPSA) is 100 Å². The van der Waals surface area contributed by atoms with Gasteiger partial charge in [-0.2, -0.15) is 0 Å². The van der Waals surface area contributed by atoms with E-state index in [0.29, 0.717) is 42.8 Å². The first-order valence-electron chi connectivity index (χ1n) is 9.50. The lowest BCUT2D eigenvalue weighted by Gasteiger charge is -2.33. The number of hydrogen-bond acceptors (Lipinski definition) is 5. The molecule has 2 fully saturated rings. The third kappa shape index (κ3) is 3.87. The van der Waals surface area contributed by atoms with Gasteiger partial charge in [0, 0.05) is 17.2 Å². The van der Waals surface area contributed by atoms with Crippen molar-refractivity contribution in [1.82, 2.24) is 15.6 Å². The van der Waals surface area contributed by atoms with Gasteiger partial charge in [-0.15, -0.1) is 11.3 Å². The van der Waals surface area contributed by atoms with Crippen LogP contribution in [0.15, 0.2) is 24.3 Å². The number of hydrogen-bond donors (Lipinski definition) is 3. The number of benzene rings is 1. The Kier molecular flexibility index (Phi) is 5.08. The minimum absolute atomic E-state index is 0.143. The maximum atomic E-state index is 13.9. The predicted molar refractivity (Wildman–Crippen MR) is 106 cm³/mol. The normalized spacial score (nSPS) is 23.7. The summed E-state index contributed by atoms with van der Waals surface area (Å²) in [6, 6.07) is 6.14. The third-order valence-electron chi connectivity index (χ3n) is 5.66. The van der Waals surface area contributed by atoms with Crippen molar-refractivity contribution in [3.05, 3.63) is 46.2 Å². The minimum atomic E-state index is -0.876. The Labute approximate surface area is 171 Å². The number of anilines is 1. The number of urea groups is 1. The van der Waals surface area contributed by atoms with Crippen molar-refractivity contribution in [3.8, 4) is 0 Å². The van der Waals surface area contributed by atoms with Crippen LogP contribution in [-0.4, -0.2) is 28.4 Å². The number of nitrogens with one attached hydrogen (secondary N) is 3. The van der Waals surface area contributed by atoms with Gasteiger partial charge in [-0.25, -0.2) is 14.2 Å². The molecular formula is C20H21FN4O3S. The van der Waals surface area contributed by atoms with Crippen LogP contribution in [0.5, 0.6) is 0 Å². The number of aryl methyl sites for hydroxylation is 1. The first kappa shape index (κ1) is 19.5. The third-order valence-corrected chi connectivity index (χ3v) is 6.73. The molecule has 9 heteroatoms. The number of carbonyl (C=O) groups is 3. The molecular weight excluding hydrogens is 395 g/mol. The molecule has 3 N–H and O–H groups in total. The lowest BCUT2D eigenvalue weighted by atomic mass is 9.76. The van der Waals surface area contributed by atoms with Gasteiger partial charge in [0.2, 0.25) is 5.91 Å².